The van der Waals surface area contributed by atoms with E-state index in [4.69, 9.17) is 4.42 Å². The average molecular weight is 196 g/mol. The SMILES string of the molecule is Cc1ccc(C(=O)C2CCSC2)o1. The minimum Gasteiger partial charge on any atom is -0.458 e. The number of carbonyl (C=O) groups is 1. The highest BCUT2D eigenvalue weighted by Crippen LogP contribution is 2.27. The molecule has 70 valence electrons. The van der Waals surface area contributed by atoms with Crippen LogP contribution in [-0.4, -0.2) is 17.3 Å². The number of rotatable bonds is 2. The molecule has 0 aromatic carbocycles. The predicted octanol–water partition coefficient (Wildman–Crippen LogP) is 2.52. The van der Waals surface area contributed by atoms with E-state index in [1.165, 1.54) is 0 Å². The van der Waals surface area contributed by atoms with Crippen molar-refractivity contribution >= 4 is 17.5 Å². The molecule has 1 aromatic heterocycles. The topological polar surface area (TPSA) is 30.2 Å². The van der Waals surface area contributed by atoms with E-state index in [9.17, 15) is 4.79 Å². The summed E-state index contributed by atoms with van der Waals surface area (Å²) >= 11 is 1.85. The second-order valence-corrected chi connectivity index (χ2v) is 4.48. The normalized spacial score (nSPS) is 22.1. The van der Waals surface area contributed by atoms with Gasteiger partial charge in [0.05, 0.1) is 0 Å². The van der Waals surface area contributed by atoms with Gasteiger partial charge in [0.1, 0.15) is 5.76 Å². The van der Waals surface area contributed by atoms with Gasteiger partial charge in [-0.05, 0) is 31.2 Å². The maximum atomic E-state index is 11.8. The van der Waals surface area contributed by atoms with Gasteiger partial charge < -0.3 is 4.42 Å². The Hall–Kier alpha value is -0.700. The molecule has 2 heterocycles. The minimum atomic E-state index is 0.179. The van der Waals surface area contributed by atoms with Crippen molar-refractivity contribution in [3.63, 3.8) is 0 Å². The number of hydrogen-bond acceptors (Lipinski definition) is 3. The van der Waals surface area contributed by atoms with E-state index < -0.39 is 0 Å². The smallest absolute Gasteiger partial charge is 0.201 e. The Labute approximate surface area is 81.7 Å². The van der Waals surface area contributed by atoms with Gasteiger partial charge in [-0.25, -0.2) is 0 Å². The van der Waals surface area contributed by atoms with Gasteiger partial charge in [0, 0.05) is 11.7 Å². The Kier molecular flexibility index (Phi) is 2.44. The summed E-state index contributed by atoms with van der Waals surface area (Å²) in [7, 11) is 0. The summed E-state index contributed by atoms with van der Waals surface area (Å²) in [5, 5.41) is 0. The summed E-state index contributed by atoms with van der Waals surface area (Å²) in [5.74, 6) is 3.78. The van der Waals surface area contributed by atoms with Crippen LogP contribution in [0.15, 0.2) is 16.5 Å². The van der Waals surface area contributed by atoms with Crippen molar-refractivity contribution in [1.82, 2.24) is 0 Å². The zero-order valence-corrected chi connectivity index (χ0v) is 8.39. The number of furan rings is 1. The van der Waals surface area contributed by atoms with Crippen molar-refractivity contribution < 1.29 is 9.21 Å². The molecule has 0 N–H and O–H groups in total. The molecule has 0 bridgehead atoms. The highest BCUT2D eigenvalue weighted by Gasteiger charge is 2.26. The van der Waals surface area contributed by atoms with Crippen molar-refractivity contribution in [2.45, 2.75) is 13.3 Å². The van der Waals surface area contributed by atoms with Crippen LogP contribution in [0.3, 0.4) is 0 Å². The third-order valence-corrected chi connectivity index (χ3v) is 3.45. The van der Waals surface area contributed by atoms with E-state index in [2.05, 4.69) is 0 Å². The zero-order valence-electron chi connectivity index (χ0n) is 7.58. The Morgan fingerprint density at radius 2 is 2.46 bits per heavy atom. The van der Waals surface area contributed by atoms with Crippen molar-refractivity contribution in [3.8, 4) is 0 Å². The lowest BCUT2D eigenvalue weighted by Crippen LogP contribution is -2.12. The first-order valence-electron chi connectivity index (χ1n) is 4.46. The molecule has 0 amide bonds. The molecule has 2 rings (SSSR count). The summed E-state index contributed by atoms with van der Waals surface area (Å²) in [6.07, 6.45) is 1.00. The van der Waals surface area contributed by atoms with E-state index in [-0.39, 0.29) is 11.7 Å². The van der Waals surface area contributed by atoms with Crippen LogP contribution in [-0.2, 0) is 0 Å². The van der Waals surface area contributed by atoms with Gasteiger partial charge >= 0.3 is 0 Å². The van der Waals surface area contributed by atoms with Gasteiger partial charge in [0.15, 0.2) is 5.76 Å². The fourth-order valence-electron chi connectivity index (χ4n) is 1.51. The lowest BCUT2D eigenvalue weighted by Gasteiger charge is -2.02. The standard InChI is InChI=1S/C10H12O2S/c1-7-2-3-9(12-7)10(11)8-4-5-13-6-8/h2-3,8H,4-6H2,1H3. The summed E-state index contributed by atoms with van der Waals surface area (Å²) in [5.41, 5.74) is 0. The number of thioether (sulfide) groups is 1. The van der Waals surface area contributed by atoms with Crippen LogP contribution in [0.1, 0.15) is 22.7 Å². The molecule has 1 fully saturated rings. The molecule has 1 aromatic rings. The summed E-state index contributed by atoms with van der Waals surface area (Å²) in [4.78, 5) is 11.8. The molecule has 0 spiro atoms. The summed E-state index contributed by atoms with van der Waals surface area (Å²) in [6, 6.07) is 3.62. The first kappa shape index (κ1) is 8.88. The van der Waals surface area contributed by atoms with Crippen LogP contribution >= 0.6 is 11.8 Å². The second kappa shape index (κ2) is 3.58. The largest absolute Gasteiger partial charge is 0.458 e. The third kappa shape index (κ3) is 1.80. The summed E-state index contributed by atoms with van der Waals surface area (Å²) in [6.45, 7) is 1.86. The molecule has 0 aliphatic carbocycles. The van der Waals surface area contributed by atoms with Crippen LogP contribution < -0.4 is 0 Å². The van der Waals surface area contributed by atoms with Crippen molar-refractivity contribution in [1.29, 1.82) is 0 Å². The highest BCUT2D eigenvalue weighted by atomic mass is 32.2. The minimum absolute atomic E-state index is 0.179. The van der Waals surface area contributed by atoms with E-state index in [0.717, 1.165) is 23.7 Å². The third-order valence-electron chi connectivity index (χ3n) is 2.28. The maximum Gasteiger partial charge on any atom is 0.201 e. The van der Waals surface area contributed by atoms with Gasteiger partial charge in [-0.15, -0.1) is 0 Å². The van der Waals surface area contributed by atoms with Crippen molar-refractivity contribution in [2.75, 3.05) is 11.5 Å². The molecule has 1 aliphatic rings. The van der Waals surface area contributed by atoms with Crippen LogP contribution in [0, 0.1) is 12.8 Å². The first-order chi connectivity index (χ1) is 6.27. The number of carbonyl (C=O) groups excluding carboxylic acids is 1. The molecule has 0 saturated carbocycles. The molecular formula is C10H12O2S. The number of aryl methyl sites for hydroxylation is 1. The molecule has 1 unspecified atom stereocenters. The number of hydrogen-bond donors (Lipinski definition) is 0. The molecule has 3 heteroatoms. The van der Waals surface area contributed by atoms with Crippen LogP contribution in [0.4, 0.5) is 0 Å². The van der Waals surface area contributed by atoms with Gasteiger partial charge in [-0.2, -0.15) is 11.8 Å². The number of Topliss-reactive ketones (excluding diaryl/α,β-unsaturated/α-hetero) is 1. The highest BCUT2D eigenvalue weighted by molar-refractivity contribution is 7.99. The van der Waals surface area contributed by atoms with Crippen molar-refractivity contribution in [3.05, 3.63) is 23.7 Å². The zero-order chi connectivity index (χ0) is 9.26. The first-order valence-corrected chi connectivity index (χ1v) is 5.61. The quantitative estimate of drug-likeness (QED) is 0.681. The Morgan fingerprint density at radius 1 is 1.62 bits per heavy atom. The van der Waals surface area contributed by atoms with E-state index in [0.29, 0.717) is 5.76 Å². The Morgan fingerprint density at radius 3 is 3.00 bits per heavy atom. The maximum absolute atomic E-state index is 11.8. The molecule has 1 aliphatic heterocycles. The van der Waals surface area contributed by atoms with E-state index in [1.807, 2.05) is 24.8 Å². The van der Waals surface area contributed by atoms with E-state index >= 15 is 0 Å². The lowest BCUT2D eigenvalue weighted by atomic mass is 10.0. The molecule has 2 nitrogen and oxygen atoms in total. The van der Waals surface area contributed by atoms with Gasteiger partial charge in [0.2, 0.25) is 5.78 Å². The molecule has 1 atom stereocenters. The van der Waals surface area contributed by atoms with E-state index in [1.54, 1.807) is 6.07 Å². The second-order valence-electron chi connectivity index (χ2n) is 3.34. The molecule has 0 radical (unpaired) electrons. The van der Waals surface area contributed by atoms with Gasteiger partial charge in [0.25, 0.3) is 0 Å². The van der Waals surface area contributed by atoms with Crippen LogP contribution in [0.5, 0.6) is 0 Å². The fourth-order valence-corrected chi connectivity index (χ4v) is 2.73. The summed E-state index contributed by atoms with van der Waals surface area (Å²) < 4.78 is 5.30. The van der Waals surface area contributed by atoms with Crippen LogP contribution in [0.25, 0.3) is 0 Å². The number of ketones is 1. The Bertz CT molecular complexity index is 310. The van der Waals surface area contributed by atoms with Gasteiger partial charge in [-0.1, -0.05) is 0 Å². The lowest BCUT2D eigenvalue weighted by molar-refractivity contribution is 0.0904. The average Bonchev–Trinajstić information content (AvgIpc) is 2.72. The fraction of sp³-hybridized carbons (Fsp3) is 0.500. The predicted molar refractivity (Wildman–Crippen MR) is 53.2 cm³/mol. The van der Waals surface area contributed by atoms with Crippen molar-refractivity contribution in [2.24, 2.45) is 5.92 Å². The molecule has 1 saturated heterocycles. The Balaban J connectivity index is 2.12. The van der Waals surface area contributed by atoms with Gasteiger partial charge in [-0.3, -0.25) is 4.79 Å². The van der Waals surface area contributed by atoms with Crippen LogP contribution in [0.2, 0.25) is 0 Å². The molecular weight excluding hydrogens is 184 g/mol. The monoisotopic (exact) mass is 196 g/mol. The molecule has 13 heavy (non-hydrogen) atoms.